The maximum absolute atomic E-state index is 5.98. The Hall–Kier alpha value is -0.770. The predicted octanol–water partition coefficient (Wildman–Crippen LogP) is 1.75. The van der Waals surface area contributed by atoms with Gasteiger partial charge >= 0.3 is 0 Å². The maximum atomic E-state index is 5.98. The first kappa shape index (κ1) is 13.7. The summed E-state index contributed by atoms with van der Waals surface area (Å²) in [5.41, 5.74) is 6.10. The fourth-order valence-corrected chi connectivity index (χ4v) is 3.53. The van der Waals surface area contributed by atoms with Crippen molar-refractivity contribution in [3.8, 4) is 0 Å². The zero-order chi connectivity index (χ0) is 13.3. The second-order valence-electron chi connectivity index (χ2n) is 6.48. The van der Waals surface area contributed by atoms with E-state index in [1.165, 1.54) is 19.3 Å². The SMILES string of the molecule is COC1C(C)C(NC(N)=NCC2CCC2)C1(C)C. The Kier molecular flexibility index (Phi) is 3.85. The molecule has 0 heterocycles. The van der Waals surface area contributed by atoms with Crippen LogP contribution in [-0.4, -0.2) is 31.8 Å². The quantitative estimate of drug-likeness (QED) is 0.593. The molecule has 0 bridgehead atoms. The number of nitrogens with one attached hydrogen (secondary N) is 1. The third-order valence-electron chi connectivity index (χ3n) is 4.84. The van der Waals surface area contributed by atoms with Crippen LogP contribution in [0.3, 0.4) is 0 Å². The lowest BCUT2D eigenvalue weighted by atomic mass is 9.58. The molecule has 2 fully saturated rings. The van der Waals surface area contributed by atoms with Gasteiger partial charge in [-0.15, -0.1) is 0 Å². The van der Waals surface area contributed by atoms with E-state index < -0.39 is 0 Å². The van der Waals surface area contributed by atoms with Gasteiger partial charge < -0.3 is 15.8 Å². The van der Waals surface area contributed by atoms with Gasteiger partial charge in [-0.1, -0.05) is 27.2 Å². The van der Waals surface area contributed by atoms with E-state index in [4.69, 9.17) is 10.5 Å². The van der Waals surface area contributed by atoms with Crippen molar-refractivity contribution in [2.24, 2.45) is 28.0 Å². The molecule has 4 heteroatoms. The number of hydrogen-bond acceptors (Lipinski definition) is 2. The van der Waals surface area contributed by atoms with Gasteiger partial charge in [0.1, 0.15) is 0 Å². The van der Waals surface area contributed by atoms with Gasteiger partial charge in [-0.2, -0.15) is 0 Å². The molecule has 2 aliphatic rings. The van der Waals surface area contributed by atoms with Crippen LogP contribution in [0.2, 0.25) is 0 Å². The van der Waals surface area contributed by atoms with E-state index in [0.717, 1.165) is 12.5 Å². The molecule has 2 rings (SSSR count). The lowest BCUT2D eigenvalue weighted by Gasteiger charge is -2.56. The third-order valence-corrected chi connectivity index (χ3v) is 4.84. The monoisotopic (exact) mass is 253 g/mol. The Balaban J connectivity index is 1.85. The van der Waals surface area contributed by atoms with Gasteiger partial charge in [-0.25, -0.2) is 0 Å². The number of guanidine groups is 1. The fourth-order valence-electron chi connectivity index (χ4n) is 3.53. The van der Waals surface area contributed by atoms with Crippen LogP contribution in [0, 0.1) is 17.3 Å². The van der Waals surface area contributed by atoms with Crippen molar-refractivity contribution in [3.63, 3.8) is 0 Å². The van der Waals surface area contributed by atoms with E-state index in [-0.39, 0.29) is 5.41 Å². The van der Waals surface area contributed by atoms with Crippen molar-refractivity contribution in [1.29, 1.82) is 0 Å². The van der Waals surface area contributed by atoms with Crippen molar-refractivity contribution < 1.29 is 4.74 Å². The van der Waals surface area contributed by atoms with Crippen molar-refractivity contribution in [1.82, 2.24) is 5.32 Å². The molecule has 0 aromatic heterocycles. The van der Waals surface area contributed by atoms with Gasteiger partial charge in [0.05, 0.1) is 6.10 Å². The second-order valence-corrected chi connectivity index (χ2v) is 6.48. The van der Waals surface area contributed by atoms with Gasteiger partial charge in [0.15, 0.2) is 5.96 Å². The topological polar surface area (TPSA) is 59.6 Å². The minimum Gasteiger partial charge on any atom is -0.380 e. The van der Waals surface area contributed by atoms with Crippen LogP contribution in [0.15, 0.2) is 4.99 Å². The van der Waals surface area contributed by atoms with E-state index >= 15 is 0 Å². The van der Waals surface area contributed by atoms with Crippen LogP contribution in [0.25, 0.3) is 0 Å². The molecule has 104 valence electrons. The van der Waals surface area contributed by atoms with Crippen LogP contribution in [0.4, 0.5) is 0 Å². The summed E-state index contributed by atoms with van der Waals surface area (Å²) >= 11 is 0. The molecule has 18 heavy (non-hydrogen) atoms. The van der Waals surface area contributed by atoms with Crippen molar-refractivity contribution >= 4 is 5.96 Å². The van der Waals surface area contributed by atoms with Crippen molar-refractivity contribution in [3.05, 3.63) is 0 Å². The highest BCUT2D eigenvalue weighted by Crippen LogP contribution is 2.46. The summed E-state index contributed by atoms with van der Waals surface area (Å²) in [5.74, 6) is 1.84. The van der Waals surface area contributed by atoms with Gasteiger partial charge in [0.2, 0.25) is 0 Å². The fraction of sp³-hybridized carbons (Fsp3) is 0.929. The van der Waals surface area contributed by atoms with Gasteiger partial charge in [-0.3, -0.25) is 4.99 Å². The number of methoxy groups -OCH3 is 1. The van der Waals surface area contributed by atoms with Crippen LogP contribution < -0.4 is 11.1 Å². The molecule has 0 saturated heterocycles. The van der Waals surface area contributed by atoms with Crippen LogP contribution in [-0.2, 0) is 4.74 Å². The van der Waals surface area contributed by atoms with Crippen LogP contribution >= 0.6 is 0 Å². The number of hydrogen-bond donors (Lipinski definition) is 2. The minimum atomic E-state index is 0.116. The molecular formula is C14H27N3O. The molecular weight excluding hydrogens is 226 g/mol. The summed E-state index contributed by atoms with van der Waals surface area (Å²) in [6, 6.07) is 0.354. The molecule has 0 radical (unpaired) electrons. The zero-order valence-electron chi connectivity index (χ0n) is 12.1. The Bertz CT molecular complexity index is 323. The first-order valence-electron chi connectivity index (χ1n) is 7.06. The Labute approximate surface area is 110 Å². The predicted molar refractivity (Wildman–Crippen MR) is 74.5 cm³/mol. The zero-order valence-corrected chi connectivity index (χ0v) is 12.1. The second kappa shape index (κ2) is 5.08. The van der Waals surface area contributed by atoms with E-state index in [9.17, 15) is 0 Å². The molecule has 0 aliphatic heterocycles. The summed E-state index contributed by atoms with van der Waals surface area (Å²) in [6.45, 7) is 7.53. The summed E-state index contributed by atoms with van der Waals surface area (Å²) < 4.78 is 5.53. The Morgan fingerprint density at radius 3 is 2.56 bits per heavy atom. The number of nitrogens with two attached hydrogens (primary N) is 1. The van der Waals surface area contributed by atoms with Crippen molar-refractivity contribution in [2.45, 2.75) is 52.2 Å². The standard InChI is InChI=1S/C14H27N3O/c1-9-11(14(2,3)12(9)18-4)17-13(15)16-8-10-6-5-7-10/h9-12H,5-8H2,1-4H3,(H3,15,16,17). The number of rotatable bonds is 4. The molecule has 0 amide bonds. The molecule has 3 unspecified atom stereocenters. The first-order valence-corrected chi connectivity index (χ1v) is 7.06. The van der Waals surface area contributed by atoms with Gasteiger partial charge in [0.25, 0.3) is 0 Å². The number of ether oxygens (including phenoxy) is 1. The van der Waals surface area contributed by atoms with Crippen molar-refractivity contribution in [2.75, 3.05) is 13.7 Å². The molecule has 0 spiro atoms. The van der Waals surface area contributed by atoms with Crippen LogP contribution in [0.1, 0.15) is 40.0 Å². The minimum absolute atomic E-state index is 0.116. The largest absolute Gasteiger partial charge is 0.380 e. The molecule has 0 aromatic carbocycles. The Morgan fingerprint density at radius 1 is 1.44 bits per heavy atom. The third kappa shape index (κ3) is 2.35. The maximum Gasteiger partial charge on any atom is 0.188 e. The summed E-state index contributed by atoms with van der Waals surface area (Å²) in [4.78, 5) is 4.46. The highest BCUT2D eigenvalue weighted by atomic mass is 16.5. The van der Waals surface area contributed by atoms with Crippen LogP contribution in [0.5, 0.6) is 0 Å². The lowest BCUT2D eigenvalue weighted by Crippen LogP contribution is -2.68. The highest BCUT2D eigenvalue weighted by Gasteiger charge is 2.54. The first-order chi connectivity index (χ1) is 8.46. The molecule has 4 nitrogen and oxygen atoms in total. The average Bonchev–Trinajstić information content (AvgIpc) is 2.24. The normalized spacial score (nSPS) is 35.8. The van der Waals surface area contributed by atoms with Gasteiger partial charge in [-0.05, 0) is 18.8 Å². The molecule has 2 aliphatic carbocycles. The highest BCUT2D eigenvalue weighted by molar-refractivity contribution is 5.78. The summed E-state index contributed by atoms with van der Waals surface area (Å²) in [5, 5.41) is 3.37. The average molecular weight is 253 g/mol. The lowest BCUT2D eigenvalue weighted by molar-refractivity contribution is -0.139. The number of aliphatic imine (C=N–C) groups is 1. The van der Waals surface area contributed by atoms with E-state index in [0.29, 0.717) is 24.0 Å². The van der Waals surface area contributed by atoms with E-state index in [1.807, 2.05) is 0 Å². The van der Waals surface area contributed by atoms with E-state index in [1.54, 1.807) is 7.11 Å². The molecule has 3 N–H and O–H groups in total. The number of nitrogens with zero attached hydrogens (tertiary/aromatic N) is 1. The molecule has 0 aromatic rings. The molecule has 2 saturated carbocycles. The summed E-state index contributed by atoms with van der Waals surface area (Å²) in [6.07, 6.45) is 4.28. The Morgan fingerprint density at radius 2 is 2.11 bits per heavy atom. The van der Waals surface area contributed by atoms with Gasteiger partial charge in [0, 0.05) is 31.0 Å². The smallest absolute Gasteiger partial charge is 0.188 e. The summed E-state index contributed by atoms with van der Waals surface area (Å²) in [7, 11) is 1.78. The molecule has 3 atom stereocenters. The van der Waals surface area contributed by atoms with E-state index in [2.05, 4.69) is 31.1 Å².